The fraction of sp³-hybridized carbons (Fsp3) is 0.474. The van der Waals surface area contributed by atoms with Crippen molar-refractivity contribution in [3.8, 4) is 5.75 Å². The van der Waals surface area contributed by atoms with Gasteiger partial charge in [-0.05, 0) is 24.1 Å². The Kier molecular flexibility index (Phi) is 8.04. The third-order valence-electron chi connectivity index (χ3n) is 4.80. The van der Waals surface area contributed by atoms with Gasteiger partial charge >= 0.3 is 19.2 Å². The van der Waals surface area contributed by atoms with E-state index in [0.717, 1.165) is 16.9 Å². The number of carbonyl (C=O) groups is 1. The highest BCUT2D eigenvalue weighted by atomic mass is 32.1. The first kappa shape index (κ1) is 23.2. The molecule has 1 aromatic carbocycles. The zero-order valence-corrected chi connectivity index (χ0v) is 17.1. The number of carboxylic acids is 1. The highest BCUT2D eigenvalue weighted by molar-refractivity contribution is 7.17. The van der Waals surface area contributed by atoms with E-state index in [4.69, 9.17) is 5.11 Å². The molecule has 1 atom stereocenters. The van der Waals surface area contributed by atoms with E-state index in [1.54, 1.807) is 17.0 Å². The SMILES string of the molecule is O=C(O)c1cnc(N2CCN(CCc3ccc(OC(F)F)cc3)C[C@H]2COC(F)F)s1. The second-order valence-corrected chi connectivity index (χ2v) is 7.84. The first-order chi connectivity index (χ1) is 14.8. The molecular formula is C19H21F4N3O4S. The van der Waals surface area contributed by atoms with Crippen LogP contribution in [0.25, 0.3) is 0 Å². The van der Waals surface area contributed by atoms with Crippen molar-refractivity contribution >= 4 is 22.4 Å². The number of alkyl halides is 4. The number of piperazine rings is 1. The molecule has 0 saturated carbocycles. The molecule has 1 N–H and O–H groups in total. The molecule has 3 rings (SSSR count). The smallest absolute Gasteiger partial charge is 0.387 e. The Morgan fingerprint density at radius 1 is 1.19 bits per heavy atom. The molecule has 12 heteroatoms. The first-order valence-electron chi connectivity index (χ1n) is 9.43. The molecule has 170 valence electrons. The Morgan fingerprint density at radius 2 is 1.94 bits per heavy atom. The fourth-order valence-corrected chi connectivity index (χ4v) is 4.17. The van der Waals surface area contributed by atoms with Gasteiger partial charge in [0.2, 0.25) is 0 Å². The second kappa shape index (κ2) is 10.7. The number of hydrogen-bond acceptors (Lipinski definition) is 7. The maximum absolute atomic E-state index is 12.6. The lowest BCUT2D eigenvalue weighted by Crippen LogP contribution is -2.55. The number of rotatable bonds is 10. The minimum Gasteiger partial charge on any atom is -0.477 e. The van der Waals surface area contributed by atoms with Gasteiger partial charge in [0.05, 0.1) is 18.8 Å². The highest BCUT2D eigenvalue weighted by Crippen LogP contribution is 2.27. The summed E-state index contributed by atoms with van der Waals surface area (Å²) in [6, 6.07) is 5.93. The van der Waals surface area contributed by atoms with Crippen LogP contribution in [0.3, 0.4) is 0 Å². The van der Waals surface area contributed by atoms with Crippen LogP contribution in [0.2, 0.25) is 0 Å². The summed E-state index contributed by atoms with van der Waals surface area (Å²) in [4.78, 5) is 19.2. The fourth-order valence-electron chi connectivity index (χ4n) is 3.32. The van der Waals surface area contributed by atoms with Crippen LogP contribution in [0, 0.1) is 0 Å². The van der Waals surface area contributed by atoms with Gasteiger partial charge < -0.3 is 19.5 Å². The number of anilines is 1. The molecule has 7 nitrogen and oxygen atoms in total. The van der Waals surface area contributed by atoms with Crippen LogP contribution in [-0.2, 0) is 11.2 Å². The van der Waals surface area contributed by atoms with Crippen molar-refractivity contribution in [3.05, 3.63) is 40.9 Å². The molecule has 2 heterocycles. The molecule has 0 bridgehead atoms. The van der Waals surface area contributed by atoms with Crippen molar-refractivity contribution in [2.45, 2.75) is 25.7 Å². The van der Waals surface area contributed by atoms with Crippen molar-refractivity contribution < 1.29 is 36.9 Å². The summed E-state index contributed by atoms with van der Waals surface area (Å²) in [5.74, 6) is -1.01. The van der Waals surface area contributed by atoms with Gasteiger partial charge in [-0.15, -0.1) is 0 Å². The van der Waals surface area contributed by atoms with Gasteiger partial charge in [0, 0.05) is 26.2 Å². The van der Waals surface area contributed by atoms with Gasteiger partial charge in [-0.2, -0.15) is 17.6 Å². The Morgan fingerprint density at radius 3 is 2.55 bits per heavy atom. The molecule has 0 spiro atoms. The minimum absolute atomic E-state index is 0.0743. The van der Waals surface area contributed by atoms with E-state index in [0.29, 0.717) is 37.7 Å². The van der Waals surface area contributed by atoms with Gasteiger partial charge in [0.25, 0.3) is 0 Å². The lowest BCUT2D eigenvalue weighted by atomic mass is 10.1. The zero-order chi connectivity index (χ0) is 22.4. The predicted molar refractivity (Wildman–Crippen MR) is 105 cm³/mol. The van der Waals surface area contributed by atoms with Crippen LogP contribution in [0.15, 0.2) is 30.5 Å². The Balaban J connectivity index is 1.60. The van der Waals surface area contributed by atoms with Gasteiger partial charge in [-0.25, -0.2) is 9.78 Å². The van der Waals surface area contributed by atoms with E-state index in [1.807, 2.05) is 0 Å². The molecule has 31 heavy (non-hydrogen) atoms. The molecule has 0 amide bonds. The first-order valence-corrected chi connectivity index (χ1v) is 10.2. The number of aromatic carboxylic acids is 1. The molecule has 1 aromatic heterocycles. The lowest BCUT2D eigenvalue weighted by Gasteiger charge is -2.41. The van der Waals surface area contributed by atoms with Gasteiger partial charge in [0.15, 0.2) is 5.13 Å². The largest absolute Gasteiger partial charge is 0.477 e. The summed E-state index contributed by atoms with van der Waals surface area (Å²) >= 11 is 0.991. The van der Waals surface area contributed by atoms with E-state index in [1.165, 1.54) is 18.3 Å². The van der Waals surface area contributed by atoms with Crippen LogP contribution in [0.5, 0.6) is 5.75 Å². The van der Waals surface area contributed by atoms with E-state index < -0.39 is 25.2 Å². The van der Waals surface area contributed by atoms with Crippen molar-refractivity contribution in [2.24, 2.45) is 0 Å². The third-order valence-corrected chi connectivity index (χ3v) is 5.82. The van der Waals surface area contributed by atoms with Crippen molar-refractivity contribution in [1.29, 1.82) is 0 Å². The molecule has 2 aromatic rings. The molecule has 1 fully saturated rings. The summed E-state index contributed by atoms with van der Waals surface area (Å²) in [5, 5.41) is 9.55. The maximum Gasteiger partial charge on any atom is 0.387 e. The predicted octanol–water partition coefficient (Wildman–Crippen LogP) is 3.42. The summed E-state index contributed by atoms with van der Waals surface area (Å²) in [6.45, 7) is -3.84. The van der Waals surface area contributed by atoms with Crippen LogP contribution >= 0.6 is 11.3 Å². The molecule has 0 aliphatic carbocycles. The number of aromatic nitrogens is 1. The van der Waals surface area contributed by atoms with Crippen molar-refractivity contribution in [1.82, 2.24) is 9.88 Å². The third kappa shape index (κ3) is 6.77. The summed E-state index contributed by atoms with van der Waals surface area (Å²) in [5.41, 5.74) is 0.926. The van der Waals surface area contributed by atoms with Gasteiger partial charge in [-0.3, -0.25) is 4.90 Å². The monoisotopic (exact) mass is 463 g/mol. The van der Waals surface area contributed by atoms with Crippen LogP contribution in [0.4, 0.5) is 22.7 Å². The van der Waals surface area contributed by atoms with E-state index in [9.17, 15) is 22.4 Å². The molecule has 1 saturated heterocycles. The number of thiazole rings is 1. The number of benzene rings is 1. The molecule has 1 aliphatic heterocycles. The van der Waals surface area contributed by atoms with Crippen LogP contribution in [-0.4, -0.2) is 73.0 Å². The summed E-state index contributed by atoms with van der Waals surface area (Å²) in [6.07, 6.45) is 1.89. The number of ether oxygens (including phenoxy) is 2. The Hall–Kier alpha value is -2.44. The average Bonchev–Trinajstić information content (AvgIpc) is 3.22. The van der Waals surface area contributed by atoms with Gasteiger partial charge in [-0.1, -0.05) is 23.5 Å². The number of carboxylic acid groups (broad SMARTS) is 1. The summed E-state index contributed by atoms with van der Waals surface area (Å²) in [7, 11) is 0. The second-order valence-electron chi connectivity index (χ2n) is 6.83. The zero-order valence-electron chi connectivity index (χ0n) is 16.3. The van der Waals surface area contributed by atoms with E-state index in [-0.39, 0.29) is 17.2 Å². The number of hydrogen-bond donors (Lipinski definition) is 1. The quantitative estimate of drug-likeness (QED) is 0.542. The normalized spacial score (nSPS) is 17.5. The van der Waals surface area contributed by atoms with E-state index in [2.05, 4.69) is 19.4 Å². The van der Waals surface area contributed by atoms with Gasteiger partial charge in [0.1, 0.15) is 10.6 Å². The topological polar surface area (TPSA) is 75.1 Å². The Labute approximate surface area is 179 Å². The lowest BCUT2D eigenvalue weighted by molar-refractivity contribution is -0.134. The molecular weight excluding hydrogens is 442 g/mol. The minimum atomic E-state index is -2.91. The van der Waals surface area contributed by atoms with Crippen LogP contribution in [0.1, 0.15) is 15.2 Å². The van der Waals surface area contributed by atoms with Crippen molar-refractivity contribution in [3.63, 3.8) is 0 Å². The van der Waals surface area contributed by atoms with Crippen LogP contribution < -0.4 is 9.64 Å². The Bertz CT molecular complexity index is 853. The summed E-state index contributed by atoms with van der Waals surface area (Å²) < 4.78 is 58.5. The van der Waals surface area contributed by atoms with Crippen molar-refractivity contribution in [2.75, 3.05) is 37.7 Å². The number of halogens is 4. The molecule has 0 unspecified atom stereocenters. The maximum atomic E-state index is 12.6. The molecule has 0 radical (unpaired) electrons. The number of nitrogens with zero attached hydrogens (tertiary/aromatic N) is 3. The standard InChI is InChI=1S/C19H21F4N3O4S/c20-17(21)29-11-13-10-25(6-5-12-1-3-14(4-2-12)30-18(22)23)7-8-26(13)19-24-9-15(31-19)16(27)28/h1-4,9,13,17-18H,5-8,10-11H2,(H,27,28)/t13-/m0/s1. The van der Waals surface area contributed by atoms with E-state index >= 15 is 0 Å². The highest BCUT2D eigenvalue weighted by Gasteiger charge is 2.30. The molecule has 1 aliphatic rings. The average molecular weight is 463 g/mol.